The molecule has 0 radical (unpaired) electrons. The van der Waals surface area contributed by atoms with Crippen LogP contribution in [0, 0.1) is 0 Å². The second kappa shape index (κ2) is 13.6. The van der Waals surface area contributed by atoms with Crippen LogP contribution in [0.15, 0.2) is 59.8 Å². The first kappa shape index (κ1) is 30.0. The summed E-state index contributed by atoms with van der Waals surface area (Å²) in [6.07, 6.45) is 6.67. The van der Waals surface area contributed by atoms with Gasteiger partial charge in [-0.3, -0.25) is 4.79 Å². The van der Waals surface area contributed by atoms with Gasteiger partial charge in [-0.15, -0.1) is 0 Å². The monoisotopic (exact) mass is 583 g/mol. The molecule has 0 aromatic heterocycles. The van der Waals surface area contributed by atoms with E-state index in [0.717, 1.165) is 24.8 Å². The second-order valence-electron chi connectivity index (χ2n) is 9.72. The van der Waals surface area contributed by atoms with Crippen molar-refractivity contribution >= 4 is 40.6 Å². The highest BCUT2D eigenvalue weighted by atomic mass is 35.5. The van der Waals surface area contributed by atoms with Gasteiger partial charge in [0.15, 0.2) is 6.61 Å². The molecule has 10 nitrogen and oxygen atoms in total. The molecule has 1 fully saturated rings. The number of phenolic OH excluding ortho intramolecular Hbond substituents is 2. The number of rotatable bonds is 7. The van der Waals surface area contributed by atoms with Crippen LogP contribution in [0.2, 0.25) is 5.02 Å². The van der Waals surface area contributed by atoms with Crippen molar-refractivity contribution < 1.29 is 34.1 Å². The van der Waals surface area contributed by atoms with Crippen LogP contribution in [-0.4, -0.2) is 65.8 Å². The molecule has 1 saturated heterocycles. The summed E-state index contributed by atoms with van der Waals surface area (Å²) in [4.78, 5) is 33.1. The maximum absolute atomic E-state index is 13.0. The quantitative estimate of drug-likeness (QED) is 0.236. The van der Waals surface area contributed by atoms with E-state index in [4.69, 9.17) is 25.9 Å². The van der Waals surface area contributed by atoms with Gasteiger partial charge in [-0.2, -0.15) is 0 Å². The van der Waals surface area contributed by atoms with Crippen molar-refractivity contribution in [2.45, 2.75) is 51.9 Å². The maximum atomic E-state index is 13.0. The number of carbonyl (C=O) groups excluding carboxylic acids is 2. The van der Waals surface area contributed by atoms with Gasteiger partial charge in [-0.25, -0.2) is 4.79 Å². The lowest BCUT2D eigenvalue weighted by Gasteiger charge is -2.21. The normalized spacial score (nSPS) is 22.9. The SMILES string of the molecule is CCN(CC)c1ccc(NC(=O)CO\N=C2/C=C\C=C/[C@H]3O[C@@H]3C[C@@H](C)OC(=O)c3c(O)cc(O)c(Cl)c3C2)cc1. The van der Waals surface area contributed by atoms with Gasteiger partial charge in [0.2, 0.25) is 0 Å². The number of halogens is 1. The van der Waals surface area contributed by atoms with Gasteiger partial charge in [-0.05, 0) is 56.7 Å². The van der Waals surface area contributed by atoms with Gasteiger partial charge in [0, 0.05) is 43.4 Å². The number of cyclic esters (lactones) is 1. The first-order valence-electron chi connectivity index (χ1n) is 13.5. The zero-order chi connectivity index (χ0) is 29.5. The third-order valence-corrected chi connectivity index (χ3v) is 7.16. The highest BCUT2D eigenvalue weighted by Crippen LogP contribution is 2.38. The van der Waals surface area contributed by atoms with Crippen molar-refractivity contribution in [3.63, 3.8) is 0 Å². The number of amides is 1. The minimum Gasteiger partial charge on any atom is -0.507 e. The van der Waals surface area contributed by atoms with Crippen LogP contribution in [0.3, 0.4) is 0 Å². The molecule has 218 valence electrons. The summed E-state index contributed by atoms with van der Waals surface area (Å²) >= 11 is 6.37. The van der Waals surface area contributed by atoms with E-state index in [0.29, 0.717) is 12.1 Å². The molecule has 41 heavy (non-hydrogen) atoms. The molecule has 1 amide bonds. The molecule has 2 aromatic carbocycles. The smallest absolute Gasteiger partial charge is 0.342 e. The molecule has 3 atom stereocenters. The van der Waals surface area contributed by atoms with Gasteiger partial charge in [-0.1, -0.05) is 35.0 Å². The number of ether oxygens (including phenoxy) is 2. The van der Waals surface area contributed by atoms with Crippen molar-refractivity contribution in [2.24, 2.45) is 5.16 Å². The fourth-order valence-corrected chi connectivity index (χ4v) is 4.78. The number of epoxide rings is 1. The number of fused-ring (bicyclic) bond motifs is 2. The van der Waals surface area contributed by atoms with E-state index in [9.17, 15) is 19.8 Å². The first-order chi connectivity index (χ1) is 19.7. The molecule has 2 heterocycles. The number of oxime groups is 1. The lowest BCUT2D eigenvalue weighted by Crippen LogP contribution is -2.22. The van der Waals surface area contributed by atoms with Gasteiger partial charge in [0.05, 0.1) is 16.8 Å². The summed E-state index contributed by atoms with van der Waals surface area (Å²) in [6, 6.07) is 8.49. The molecule has 0 aliphatic carbocycles. The lowest BCUT2D eigenvalue weighted by atomic mass is 9.99. The molecule has 3 N–H and O–H groups in total. The van der Waals surface area contributed by atoms with Crippen LogP contribution < -0.4 is 10.2 Å². The predicted molar refractivity (Wildman–Crippen MR) is 157 cm³/mol. The van der Waals surface area contributed by atoms with Gasteiger partial charge >= 0.3 is 5.97 Å². The molecule has 0 spiro atoms. The molecule has 2 aliphatic heterocycles. The number of phenols is 2. The van der Waals surface area contributed by atoms with Gasteiger partial charge < -0.3 is 34.7 Å². The third-order valence-electron chi connectivity index (χ3n) is 6.74. The fourth-order valence-electron chi connectivity index (χ4n) is 4.57. The summed E-state index contributed by atoms with van der Waals surface area (Å²) in [5.74, 6) is -2.11. The molecule has 0 unspecified atom stereocenters. The number of aromatic hydroxyl groups is 2. The Hall–Kier alpha value is -4.02. The molecule has 2 aromatic rings. The lowest BCUT2D eigenvalue weighted by molar-refractivity contribution is -0.120. The Kier molecular flexibility index (Phi) is 9.91. The summed E-state index contributed by atoms with van der Waals surface area (Å²) in [6.45, 7) is 7.27. The Morgan fingerprint density at radius 2 is 1.90 bits per heavy atom. The van der Waals surface area contributed by atoms with Gasteiger partial charge in [0.1, 0.15) is 29.3 Å². The summed E-state index contributed by atoms with van der Waals surface area (Å²) in [5.41, 5.74) is 1.86. The minimum absolute atomic E-state index is 0.0923. The number of allylic oxidation sites excluding steroid dienone is 3. The number of esters is 1. The average molecular weight is 584 g/mol. The number of hydrogen-bond donors (Lipinski definition) is 3. The molecular weight excluding hydrogens is 550 g/mol. The van der Waals surface area contributed by atoms with Crippen molar-refractivity contribution in [3.05, 3.63) is 70.8 Å². The number of carbonyl (C=O) groups is 2. The van der Waals surface area contributed by atoms with Crippen LogP contribution in [0.5, 0.6) is 11.5 Å². The van der Waals surface area contributed by atoms with Crippen LogP contribution in [0.1, 0.15) is 43.1 Å². The number of anilines is 2. The zero-order valence-electron chi connectivity index (χ0n) is 23.2. The second-order valence-corrected chi connectivity index (χ2v) is 10.1. The standard InChI is InChI=1S/C30H34ClN3O7/c1-4-34(5-2)21-12-10-19(11-13-21)32-27(37)17-39-33-20-8-6-7-9-25-26(41-25)14-18(3)40-30(38)28-22(15-20)29(31)24(36)16-23(28)35/h6-13,16,18,25-26,35-36H,4-5,14-15,17H2,1-3H3,(H,32,37)/b8-6-,9-7-,33-20+/t18-,25-,26-/m1/s1. The number of nitrogens with zero attached hydrogens (tertiary/aromatic N) is 2. The Bertz CT molecular complexity index is 1350. The Balaban J connectivity index is 1.52. The minimum atomic E-state index is -0.799. The topological polar surface area (TPSA) is 133 Å². The van der Waals surface area contributed by atoms with Crippen LogP contribution >= 0.6 is 11.6 Å². The molecular formula is C30H34ClN3O7. The zero-order valence-corrected chi connectivity index (χ0v) is 23.9. The van der Waals surface area contributed by atoms with Crippen molar-refractivity contribution in [1.29, 1.82) is 0 Å². The Morgan fingerprint density at radius 1 is 1.17 bits per heavy atom. The average Bonchev–Trinajstić information content (AvgIpc) is 3.67. The van der Waals surface area contributed by atoms with E-state index in [2.05, 4.69) is 29.2 Å². The summed E-state index contributed by atoms with van der Waals surface area (Å²) < 4.78 is 11.1. The van der Waals surface area contributed by atoms with E-state index < -0.39 is 29.5 Å². The molecule has 0 bridgehead atoms. The van der Waals surface area contributed by atoms with Crippen molar-refractivity contribution in [2.75, 3.05) is 29.9 Å². The van der Waals surface area contributed by atoms with E-state index in [1.807, 2.05) is 30.3 Å². The fraction of sp³-hybridized carbons (Fsp3) is 0.367. The third kappa shape index (κ3) is 7.80. The van der Waals surface area contributed by atoms with E-state index in [1.165, 1.54) is 0 Å². The number of benzene rings is 2. The van der Waals surface area contributed by atoms with Crippen LogP contribution in [0.25, 0.3) is 0 Å². The van der Waals surface area contributed by atoms with Crippen molar-refractivity contribution in [3.8, 4) is 11.5 Å². The van der Waals surface area contributed by atoms with E-state index in [1.54, 1.807) is 25.2 Å². The Labute approximate surface area is 243 Å². The molecule has 0 saturated carbocycles. The highest BCUT2D eigenvalue weighted by molar-refractivity contribution is 6.33. The summed E-state index contributed by atoms with van der Waals surface area (Å²) in [5, 5.41) is 27.5. The summed E-state index contributed by atoms with van der Waals surface area (Å²) in [7, 11) is 0. The largest absolute Gasteiger partial charge is 0.507 e. The molecule has 2 aliphatic rings. The van der Waals surface area contributed by atoms with Crippen LogP contribution in [0.4, 0.5) is 11.4 Å². The highest BCUT2D eigenvalue weighted by Gasteiger charge is 2.38. The molecule has 4 rings (SSSR count). The van der Waals surface area contributed by atoms with E-state index >= 15 is 0 Å². The Morgan fingerprint density at radius 3 is 2.61 bits per heavy atom. The van der Waals surface area contributed by atoms with E-state index in [-0.39, 0.29) is 47.1 Å². The van der Waals surface area contributed by atoms with Gasteiger partial charge in [0.25, 0.3) is 5.91 Å². The first-order valence-corrected chi connectivity index (χ1v) is 13.9. The predicted octanol–water partition coefficient (Wildman–Crippen LogP) is 4.98. The number of hydrogen-bond acceptors (Lipinski definition) is 9. The maximum Gasteiger partial charge on any atom is 0.342 e. The number of nitrogens with one attached hydrogen (secondary N) is 1. The van der Waals surface area contributed by atoms with Crippen LogP contribution in [-0.2, 0) is 25.5 Å². The van der Waals surface area contributed by atoms with Crippen molar-refractivity contribution in [1.82, 2.24) is 0 Å². The molecule has 11 heteroatoms.